The van der Waals surface area contributed by atoms with E-state index in [1.807, 2.05) is 18.2 Å². The molecule has 0 aliphatic carbocycles. The molecule has 0 saturated carbocycles. The van der Waals surface area contributed by atoms with Crippen LogP contribution in [0.5, 0.6) is 5.75 Å². The van der Waals surface area contributed by atoms with Crippen molar-refractivity contribution in [1.82, 2.24) is 10.3 Å². The van der Waals surface area contributed by atoms with Gasteiger partial charge in [-0.1, -0.05) is 30.3 Å². The summed E-state index contributed by atoms with van der Waals surface area (Å²) in [6, 6.07) is 18.7. The SMILES string of the molecule is NC(=O)N(Cc1ccc(F)cc1)c1cccc(CCNCC(O)c2ccc(O)c3[nH]c(=O)ccc23)c1. The number of urea groups is 1. The lowest BCUT2D eigenvalue weighted by Crippen LogP contribution is -2.35. The largest absolute Gasteiger partial charge is 0.506 e. The number of hydrogen-bond donors (Lipinski definition) is 5. The van der Waals surface area contributed by atoms with Gasteiger partial charge in [0.05, 0.1) is 18.2 Å². The molecule has 36 heavy (non-hydrogen) atoms. The Hall–Kier alpha value is -4.21. The number of halogens is 1. The summed E-state index contributed by atoms with van der Waals surface area (Å²) in [5.74, 6) is -0.409. The van der Waals surface area contributed by atoms with E-state index in [4.69, 9.17) is 5.73 Å². The van der Waals surface area contributed by atoms with Crippen LogP contribution >= 0.6 is 0 Å². The fourth-order valence-electron chi connectivity index (χ4n) is 4.08. The van der Waals surface area contributed by atoms with Crippen LogP contribution < -0.4 is 21.5 Å². The first kappa shape index (κ1) is 24.9. The minimum Gasteiger partial charge on any atom is -0.506 e. The third-order valence-electron chi connectivity index (χ3n) is 5.94. The predicted octanol–water partition coefficient (Wildman–Crippen LogP) is 3.32. The molecule has 0 aliphatic heterocycles. The van der Waals surface area contributed by atoms with E-state index in [0.29, 0.717) is 29.6 Å². The first-order valence-electron chi connectivity index (χ1n) is 11.5. The van der Waals surface area contributed by atoms with Gasteiger partial charge in [0.2, 0.25) is 5.56 Å². The van der Waals surface area contributed by atoms with Gasteiger partial charge in [-0.2, -0.15) is 0 Å². The Morgan fingerprint density at radius 1 is 1.06 bits per heavy atom. The number of nitrogens with one attached hydrogen (secondary N) is 2. The lowest BCUT2D eigenvalue weighted by atomic mass is 10.0. The summed E-state index contributed by atoms with van der Waals surface area (Å²) in [5, 5.41) is 24.5. The number of hydrogen-bond acceptors (Lipinski definition) is 5. The summed E-state index contributed by atoms with van der Waals surface area (Å²) in [5.41, 5.74) is 8.49. The first-order valence-corrected chi connectivity index (χ1v) is 11.5. The monoisotopic (exact) mass is 490 g/mol. The Labute approximate surface area is 206 Å². The van der Waals surface area contributed by atoms with Crippen LogP contribution in [0.1, 0.15) is 22.8 Å². The number of carbonyl (C=O) groups is 1. The highest BCUT2D eigenvalue weighted by Gasteiger charge is 2.15. The molecular formula is C27H27FN4O4. The average Bonchev–Trinajstić information content (AvgIpc) is 2.86. The number of carbonyl (C=O) groups excluding carboxylic acids is 1. The maximum atomic E-state index is 13.2. The zero-order valence-electron chi connectivity index (χ0n) is 19.4. The fourth-order valence-corrected chi connectivity index (χ4v) is 4.08. The molecule has 0 fully saturated rings. The number of rotatable bonds is 9. The summed E-state index contributed by atoms with van der Waals surface area (Å²) in [6.45, 7) is 1.04. The van der Waals surface area contributed by atoms with Gasteiger partial charge in [0.25, 0.3) is 0 Å². The molecule has 3 aromatic carbocycles. The van der Waals surface area contributed by atoms with E-state index >= 15 is 0 Å². The van der Waals surface area contributed by atoms with Gasteiger partial charge in [0.1, 0.15) is 11.6 Å². The van der Waals surface area contributed by atoms with Crippen molar-refractivity contribution in [2.45, 2.75) is 19.1 Å². The molecule has 8 nitrogen and oxygen atoms in total. The highest BCUT2D eigenvalue weighted by molar-refractivity contribution is 5.90. The molecule has 1 unspecified atom stereocenters. The van der Waals surface area contributed by atoms with E-state index in [-0.39, 0.29) is 35.7 Å². The number of anilines is 1. The van der Waals surface area contributed by atoms with Crippen molar-refractivity contribution >= 4 is 22.6 Å². The summed E-state index contributed by atoms with van der Waals surface area (Å²) < 4.78 is 13.2. The van der Waals surface area contributed by atoms with Crippen molar-refractivity contribution in [2.24, 2.45) is 5.73 Å². The number of benzene rings is 3. The third-order valence-corrected chi connectivity index (χ3v) is 5.94. The minimum absolute atomic E-state index is 0.0593. The van der Waals surface area contributed by atoms with Gasteiger partial charge in [0, 0.05) is 23.7 Å². The van der Waals surface area contributed by atoms with Gasteiger partial charge in [-0.05, 0) is 66.1 Å². The second kappa shape index (κ2) is 11.0. The lowest BCUT2D eigenvalue weighted by molar-refractivity contribution is 0.176. The smallest absolute Gasteiger partial charge is 0.319 e. The summed E-state index contributed by atoms with van der Waals surface area (Å²) in [4.78, 5) is 27.7. The Balaban J connectivity index is 1.37. The van der Waals surface area contributed by atoms with Gasteiger partial charge >= 0.3 is 6.03 Å². The number of H-pyrrole nitrogens is 1. The molecule has 0 aliphatic rings. The predicted molar refractivity (Wildman–Crippen MR) is 136 cm³/mol. The first-order chi connectivity index (χ1) is 17.3. The van der Waals surface area contributed by atoms with Crippen molar-refractivity contribution in [1.29, 1.82) is 0 Å². The number of fused-ring (bicyclic) bond motifs is 1. The molecule has 1 heterocycles. The number of nitrogens with zero attached hydrogens (tertiary/aromatic N) is 1. The van der Waals surface area contributed by atoms with E-state index in [0.717, 1.165) is 11.1 Å². The highest BCUT2D eigenvalue weighted by atomic mass is 19.1. The zero-order chi connectivity index (χ0) is 25.7. The van der Waals surface area contributed by atoms with Gasteiger partial charge in [-0.3, -0.25) is 9.69 Å². The number of nitrogens with two attached hydrogens (primary N) is 1. The maximum absolute atomic E-state index is 13.2. The number of aromatic nitrogens is 1. The second-order valence-electron chi connectivity index (χ2n) is 8.48. The van der Waals surface area contributed by atoms with Crippen LogP contribution in [0.15, 0.2) is 77.6 Å². The Morgan fingerprint density at radius 2 is 1.83 bits per heavy atom. The number of amides is 2. The molecule has 0 radical (unpaired) electrons. The highest BCUT2D eigenvalue weighted by Crippen LogP contribution is 2.28. The second-order valence-corrected chi connectivity index (χ2v) is 8.48. The van der Waals surface area contributed by atoms with E-state index in [1.54, 1.807) is 30.3 Å². The van der Waals surface area contributed by atoms with Crippen LogP contribution in [0.3, 0.4) is 0 Å². The zero-order valence-corrected chi connectivity index (χ0v) is 19.4. The molecule has 4 aromatic rings. The van der Waals surface area contributed by atoms with Crippen LogP contribution in [0.4, 0.5) is 14.9 Å². The molecule has 4 rings (SSSR count). The van der Waals surface area contributed by atoms with Crippen LogP contribution in [-0.2, 0) is 13.0 Å². The Morgan fingerprint density at radius 3 is 2.58 bits per heavy atom. The number of aromatic amines is 1. The van der Waals surface area contributed by atoms with E-state index in [2.05, 4.69) is 10.3 Å². The van der Waals surface area contributed by atoms with Crippen molar-refractivity contribution in [2.75, 3.05) is 18.0 Å². The molecule has 0 saturated heterocycles. The summed E-state index contributed by atoms with van der Waals surface area (Å²) in [6.07, 6.45) is -0.223. The summed E-state index contributed by atoms with van der Waals surface area (Å²) in [7, 11) is 0. The van der Waals surface area contributed by atoms with Crippen molar-refractivity contribution < 1.29 is 19.4 Å². The number of aliphatic hydroxyl groups is 1. The van der Waals surface area contributed by atoms with Crippen LogP contribution in [0.25, 0.3) is 10.9 Å². The number of phenolic OH excluding ortho intramolecular Hbond substituents is 1. The summed E-state index contributed by atoms with van der Waals surface area (Å²) >= 11 is 0. The van der Waals surface area contributed by atoms with Crippen molar-refractivity contribution in [3.8, 4) is 5.75 Å². The number of aliphatic hydroxyl groups excluding tert-OH is 1. The molecular weight excluding hydrogens is 463 g/mol. The number of aromatic hydroxyl groups is 1. The molecule has 0 spiro atoms. The molecule has 0 bridgehead atoms. The Bertz CT molecular complexity index is 1420. The van der Waals surface area contributed by atoms with E-state index in [9.17, 15) is 24.2 Å². The molecule has 1 aromatic heterocycles. The number of primary amides is 1. The van der Waals surface area contributed by atoms with Gasteiger partial charge in [-0.15, -0.1) is 0 Å². The number of pyridine rings is 1. The molecule has 9 heteroatoms. The minimum atomic E-state index is -0.855. The Kier molecular flexibility index (Phi) is 7.62. The topological polar surface area (TPSA) is 132 Å². The van der Waals surface area contributed by atoms with Crippen LogP contribution in [0, 0.1) is 5.82 Å². The van der Waals surface area contributed by atoms with Gasteiger partial charge in [0.15, 0.2) is 0 Å². The molecule has 186 valence electrons. The molecule has 6 N–H and O–H groups in total. The van der Waals surface area contributed by atoms with Gasteiger partial charge in [-0.25, -0.2) is 9.18 Å². The fraction of sp³-hybridized carbons (Fsp3) is 0.185. The van der Waals surface area contributed by atoms with Crippen LogP contribution in [-0.4, -0.2) is 34.3 Å². The van der Waals surface area contributed by atoms with Crippen molar-refractivity contribution in [3.05, 3.63) is 106 Å². The quantitative estimate of drug-likeness (QED) is 0.230. The van der Waals surface area contributed by atoms with E-state index < -0.39 is 12.1 Å². The van der Waals surface area contributed by atoms with Crippen molar-refractivity contribution in [3.63, 3.8) is 0 Å². The standard InChI is InChI=1S/C27H27FN4O4/c28-19-6-4-18(5-7-19)16-32(27(29)36)20-3-1-2-17(14-20)12-13-30-15-24(34)21-8-10-23(33)26-22(21)9-11-25(35)31-26/h1-11,14,24,30,33-34H,12-13,15-16H2,(H2,29,36)(H,31,35). The van der Waals surface area contributed by atoms with E-state index in [1.165, 1.54) is 29.2 Å². The van der Waals surface area contributed by atoms with Gasteiger partial charge < -0.3 is 26.2 Å². The maximum Gasteiger partial charge on any atom is 0.319 e. The third kappa shape index (κ3) is 5.88. The normalized spacial score (nSPS) is 11.9. The van der Waals surface area contributed by atoms with Crippen LogP contribution in [0.2, 0.25) is 0 Å². The average molecular weight is 491 g/mol. The molecule has 2 amide bonds. The number of phenols is 1. The lowest BCUT2D eigenvalue weighted by Gasteiger charge is -2.21. The molecule has 1 atom stereocenters.